The first-order chi connectivity index (χ1) is 22.0. The number of nitrogens with zero attached hydrogens (tertiary/aromatic N) is 1. The van der Waals surface area contributed by atoms with Crippen LogP contribution in [0.2, 0.25) is 0 Å². The van der Waals surface area contributed by atoms with Crippen LogP contribution in [0.5, 0.6) is 0 Å². The lowest BCUT2D eigenvalue weighted by Crippen LogP contribution is -2.37. The zero-order valence-electron chi connectivity index (χ0n) is 30.0. The summed E-state index contributed by atoms with van der Waals surface area (Å²) < 4.78 is 33.3. The Morgan fingerprint density at radius 2 is 1.17 bits per heavy atom. The quantitative estimate of drug-likeness (QED) is 0.0230. The molecule has 270 valence electrons. The van der Waals surface area contributed by atoms with Crippen molar-refractivity contribution in [1.82, 2.24) is 0 Å². The van der Waals surface area contributed by atoms with Crippen molar-refractivity contribution in [1.29, 1.82) is 0 Å². The fourth-order valence-corrected chi connectivity index (χ4v) is 5.29. The van der Waals surface area contributed by atoms with Crippen molar-refractivity contribution in [3.8, 4) is 0 Å². The summed E-state index contributed by atoms with van der Waals surface area (Å²) in [7, 11) is 1.16. The van der Waals surface area contributed by atoms with Crippen LogP contribution < -0.4 is 4.89 Å². The first-order valence-corrected chi connectivity index (χ1v) is 19.5. The molecule has 0 heterocycles. The van der Waals surface area contributed by atoms with E-state index in [2.05, 4.69) is 31.2 Å². The number of likely N-dealkylation sites (N-methyl/N-ethyl adjacent to an activating group) is 1. The number of unbranched alkanes of at least 4 members (excludes halogenated alkanes) is 14. The minimum Gasteiger partial charge on any atom is -0.756 e. The van der Waals surface area contributed by atoms with Crippen LogP contribution in [0.25, 0.3) is 0 Å². The first kappa shape index (κ1) is 44.5. The zero-order chi connectivity index (χ0) is 34.4. The van der Waals surface area contributed by atoms with Gasteiger partial charge in [-0.3, -0.25) is 14.2 Å². The van der Waals surface area contributed by atoms with Crippen molar-refractivity contribution in [3.05, 3.63) is 24.3 Å². The van der Waals surface area contributed by atoms with E-state index in [4.69, 9.17) is 18.5 Å². The first-order valence-electron chi connectivity index (χ1n) is 18.0. The summed E-state index contributed by atoms with van der Waals surface area (Å²) >= 11 is 0. The minimum atomic E-state index is -4.60. The van der Waals surface area contributed by atoms with Gasteiger partial charge in [-0.2, -0.15) is 0 Å². The Labute approximate surface area is 281 Å². The lowest BCUT2D eigenvalue weighted by Gasteiger charge is -2.28. The largest absolute Gasteiger partial charge is 0.756 e. The molecule has 0 saturated carbocycles. The lowest BCUT2D eigenvalue weighted by atomic mass is 10.1. The fraction of sp³-hybridized carbons (Fsp3) is 0.833. The highest BCUT2D eigenvalue weighted by atomic mass is 31.2. The van der Waals surface area contributed by atoms with Crippen molar-refractivity contribution >= 4 is 19.8 Å². The average Bonchev–Trinajstić information content (AvgIpc) is 2.99. The highest BCUT2D eigenvalue weighted by molar-refractivity contribution is 7.45. The van der Waals surface area contributed by atoms with Crippen LogP contribution in [0.1, 0.15) is 142 Å². The fourth-order valence-electron chi connectivity index (χ4n) is 4.56. The summed E-state index contributed by atoms with van der Waals surface area (Å²) in [5.74, 6) is -0.869. The van der Waals surface area contributed by atoms with E-state index in [1.165, 1.54) is 57.8 Å². The molecule has 0 aromatic heterocycles. The zero-order valence-corrected chi connectivity index (χ0v) is 30.9. The van der Waals surface area contributed by atoms with Gasteiger partial charge in [-0.05, 0) is 44.9 Å². The molecule has 0 N–H and O–H groups in total. The van der Waals surface area contributed by atoms with Crippen molar-refractivity contribution in [2.75, 3.05) is 47.5 Å². The normalized spacial score (nSPS) is 14.1. The van der Waals surface area contributed by atoms with E-state index in [0.717, 1.165) is 44.9 Å². The number of allylic oxidation sites excluding steroid dienone is 4. The van der Waals surface area contributed by atoms with E-state index in [1.54, 1.807) is 0 Å². The number of rotatable bonds is 32. The maximum Gasteiger partial charge on any atom is 0.306 e. The van der Waals surface area contributed by atoms with E-state index >= 15 is 0 Å². The Kier molecular flexibility index (Phi) is 28.6. The van der Waals surface area contributed by atoms with Gasteiger partial charge in [0, 0.05) is 12.8 Å². The van der Waals surface area contributed by atoms with Gasteiger partial charge in [0.15, 0.2) is 6.10 Å². The van der Waals surface area contributed by atoms with Crippen LogP contribution in [0, 0.1) is 0 Å². The Hall–Kier alpha value is -1.51. The molecular formula is C36H68NO8P. The average molecular weight is 674 g/mol. The van der Waals surface area contributed by atoms with Crippen LogP contribution in [-0.2, 0) is 32.7 Å². The Morgan fingerprint density at radius 3 is 1.76 bits per heavy atom. The van der Waals surface area contributed by atoms with Crippen molar-refractivity contribution < 1.29 is 42.1 Å². The number of hydrogen-bond donors (Lipinski definition) is 0. The molecule has 2 unspecified atom stereocenters. The highest BCUT2D eigenvalue weighted by Gasteiger charge is 2.21. The maximum atomic E-state index is 12.5. The monoisotopic (exact) mass is 673 g/mol. The molecule has 0 spiro atoms. The van der Waals surface area contributed by atoms with Crippen LogP contribution >= 0.6 is 7.82 Å². The predicted octanol–water partition coefficient (Wildman–Crippen LogP) is 8.60. The number of phosphoric ester groups is 1. The number of ether oxygens (including phenoxy) is 2. The van der Waals surface area contributed by atoms with E-state index in [9.17, 15) is 19.0 Å². The molecule has 0 amide bonds. The molecule has 2 atom stereocenters. The molecule has 0 aliphatic rings. The highest BCUT2D eigenvalue weighted by Crippen LogP contribution is 2.38. The Morgan fingerprint density at radius 1 is 0.674 bits per heavy atom. The van der Waals surface area contributed by atoms with Gasteiger partial charge in [0.25, 0.3) is 7.82 Å². The maximum absolute atomic E-state index is 12.5. The van der Waals surface area contributed by atoms with Crippen LogP contribution in [0.15, 0.2) is 24.3 Å². The second-order valence-corrected chi connectivity index (χ2v) is 14.6. The van der Waals surface area contributed by atoms with Gasteiger partial charge >= 0.3 is 11.9 Å². The molecule has 0 rings (SSSR count). The summed E-state index contributed by atoms with van der Waals surface area (Å²) in [5.41, 5.74) is 0. The summed E-state index contributed by atoms with van der Waals surface area (Å²) in [6.07, 6.45) is 28.6. The topological polar surface area (TPSA) is 111 Å². The molecule has 0 aromatic rings. The molecule has 0 fully saturated rings. The van der Waals surface area contributed by atoms with Crippen LogP contribution in [0.3, 0.4) is 0 Å². The Balaban J connectivity index is 4.18. The number of hydrogen-bond acceptors (Lipinski definition) is 8. The van der Waals surface area contributed by atoms with E-state index in [0.29, 0.717) is 23.9 Å². The van der Waals surface area contributed by atoms with E-state index < -0.39 is 32.5 Å². The summed E-state index contributed by atoms with van der Waals surface area (Å²) in [5, 5.41) is 0. The molecule has 9 nitrogen and oxygen atoms in total. The summed E-state index contributed by atoms with van der Waals surface area (Å²) in [4.78, 5) is 36.7. The molecule has 10 heteroatoms. The minimum absolute atomic E-state index is 0.0314. The van der Waals surface area contributed by atoms with Gasteiger partial charge in [-0.1, -0.05) is 109 Å². The third-order valence-electron chi connectivity index (χ3n) is 7.47. The number of quaternary nitrogens is 1. The molecule has 0 radical (unpaired) electrons. The number of phosphoric acid groups is 1. The second-order valence-electron chi connectivity index (χ2n) is 13.2. The third-order valence-corrected chi connectivity index (χ3v) is 8.44. The summed E-state index contributed by atoms with van der Waals surface area (Å²) in [6.45, 7) is 3.99. The van der Waals surface area contributed by atoms with Gasteiger partial charge in [-0.15, -0.1) is 0 Å². The van der Waals surface area contributed by atoms with Crippen LogP contribution in [-0.4, -0.2) is 70.0 Å². The smallest absolute Gasteiger partial charge is 0.306 e. The molecule has 0 aliphatic heterocycles. The lowest BCUT2D eigenvalue weighted by molar-refractivity contribution is -0.870. The Bertz CT molecular complexity index is 855. The van der Waals surface area contributed by atoms with E-state index in [1.807, 2.05) is 28.1 Å². The second kappa shape index (κ2) is 29.6. The molecule has 0 aromatic carbocycles. The molecular weight excluding hydrogens is 605 g/mol. The predicted molar refractivity (Wildman–Crippen MR) is 185 cm³/mol. The van der Waals surface area contributed by atoms with Gasteiger partial charge in [0.05, 0.1) is 27.7 Å². The van der Waals surface area contributed by atoms with Crippen molar-refractivity contribution in [2.45, 2.75) is 148 Å². The summed E-state index contributed by atoms with van der Waals surface area (Å²) in [6, 6.07) is 0. The molecule has 46 heavy (non-hydrogen) atoms. The SMILES string of the molecule is CCCCC/C=C\C/C=C\CCCCCCCCCCCC(=O)OC(COC(=O)CCCCC)COP(=O)([O-])OCC[N+](C)(C)C. The van der Waals surface area contributed by atoms with Gasteiger partial charge in [0.2, 0.25) is 0 Å². The number of carbonyl (C=O) groups excluding carboxylic acids is 2. The molecule has 0 bridgehead atoms. The third kappa shape index (κ3) is 32.4. The van der Waals surface area contributed by atoms with Gasteiger partial charge < -0.3 is 27.9 Å². The van der Waals surface area contributed by atoms with Crippen LogP contribution in [0.4, 0.5) is 0 Å². The standard InChI is InChI=1S/C36H68NO8P/c1-6-8-10-11-12-13-14-15-16-17-18-19-20-21-22-23-24-25-27-29-36(39)45-34(32-42-35(38)28-26-9-7-2)33-44-46(40,41)43-31-30-37(3,4)5/h12-13,15-16,34H,6-11,14,17-33H2,1-5H3/b13-12-,16-15-. The van der Waals surface area contributed by atoms with Crippen molar-refractivity contribution in [2.24, 2.45) is 0 Å². The molecule has 0 saturated heterocycles. The molecule has 0 aliphatic carbocycles. The van der Waals surface area contributed by atoms with E-state index in [-0.39, 0.29) is 26.1 Å². The van der Waals surface area contributed by atoms with Crippen molar-refractivity contribution in [3.63, 3.8) is 0 Å². The van der Waals surface area contributed by atoms with Gasteiger partial charge in [0.1, 0.15) is 19.8 Å². The number of carbonyl (C=O) groups is 2. The van der Waals surface area contributed by atoms with Gasteiger partial charge in [-0.25, -0.2) is 0 Å². The number of esters is 2.